The number of carbonyl (C=O) groups is 1. The van der Waals surface area contributed by atoms with Crippen molar-refractivity contribution in [3.05, 3.63) is 51.8 Å². The van der Waals surface area contributed by atoms with Gasteiger partial charge in [0, 0.05) is 12.3 Å². The van der Waals surface area contributed by atoms with Crippen LogP contribution in [0.2, 0.25) is 5.02 Å². The van der Waals surface area contributed by atoms with Gasteiger partial charge in [-0.3, -0.25) is 10.1 Å². The molecule has 0 fully saturated rings. The van der Waals surface area contributed by atoms with E-state index < -0.39 is 0 Å². The Hall–Kier alpha value is -2.71. The molecule has 0 saturated heterocycles. The first-order valence-electron chi connectivity index (χ1n) is 7.38. The summed E-state index contributed by atoms with van der Waals surface area (Å²) in [5.74, 6) is 0.0757. The van der Waals surface area contributed by atoms with Crippen LogP contribution in [0, 0.1) is 13.8 Å². The standard InChI is InChI=1S/C16H12ClN5O2S/c1-8-10-7-13(14(23)18-16-20-19-9(2)24-16)25-15(10)22(21-8)12-6-4-3-5-11(12)17/h3-7H,1-2H3,(H,18,20,23). The van der Waals surface area contributed by atoms with Gasteiger partial charge in [-0.1, -0.05) is 28.8 Å². The number of amides is 1. The van der Waals surface area contributed by atoms with Crippen LogP contribution in [0.25, 0.3) is 15.9 Å². The van der Waals surface area contributed by atoms with Gasteiger partial charge in [0.25, 0.3) is 5.91 Å². The van der Waals surface area contributed by atoms with Crippen molar-refractivity contribution in [3.63, 3.8) is 0 Å². The third kappa shape index (κ3) is 2.79. The van der Waals surface area contributed by atoms with E-state index in [4.69, 9.17) is 16.0 Å². The molecule has 126 valence electrons. The Kier molecular flexibility index (Phi) is 3.78. The molecule has 25 heavy (non-hydrogen) atoms. The average Bonchev–Trinajstić information content (AvgIpc) is 3.26. The second kappa shape index (κ2) is 5.98. The Bertz CT molecular complexity index is 1100. The van der Waals surface area contributed by atoms with Crippen LogP contribution in [0.3, 0.4) is 0 Å². The molecule has 7 nitrogen and oxygen atoms in total. The number of anilines is 1. The van der Waals surface area contributed by atoms with Gasteiger partial charge in [0.2, 0.25) is 5.89 Å². The molecule has 0 atom stereocenters. The smallest absolute Gasteiger partial charge is 0.322 e. The minimum Gasteiger partial charge on any atom is -0.408 e. The number of nitrogens with one attached hydrogen (secondary N) is 1. The van der Waals surface area contributed by atoms with Crippen molar-refractivity contribution in [2.75, 3.05) is 5.32 Å². The van der Waals surface area contributed by atoms with Gasteiger partial charge in [-0.05, 0) is 25.1 Å². The maximum Gasteiger partial charge on any atom is 0.322 e. The van der Waals surface area contributed by atoms with Crippen LogP contribution in [-0.4, -0.2) is 25.9 Å². The maximum atomic E-state index is 12.4. The van der Waals surface area contributed by atoms with Gasteiger partial charge in [-0.25, -0.2) is 4.68 Å². The highest BCUT2D eigenvalue weighted by atomic mass is 35.5. The van der Waals surface area contributed by atoms with Crippen LogP contribution in [0.4, 0.5) is 6.01 Å². The van der Waals surface area contributed by atoms with Gasteiger partial charge in [-0.15, -0.1) is 16.4 Å². The number of thiophene rings is 1. The Morgan fingerprint density at radius 2 is 2.08 bits per heavy atom. The Labute approximate surface area is 151 Å². The third-order valence-corrected chi connectivity index (χ3v) is 5.02. The van der Waals surface area contributed by atoms with Crippen LogP contribution < -0.4 is 5.32 Å². The Balaban J connectivity index is 1.74. The third-order valence-electron chi connectivity index (χ3n) is 3.60. The van der Waals surface area contributed by atoms with E-state index in [0.717, 1.165) is 21.6 Å². The fraction of sp³-hybridized carbons (Fsp3) is 0.125. The molecular weight excluding hydrogens is 362 g/mol. The fourth-order valence-electron chi connectivity index (χ4n) is 2.45. The van der Waals surface area contributed by atoms with Crippen molar-refractivity contribution < 1.29 is 9.21 Å². The maximum absolute atomic E-state index is 12.4. The summed E-state index contributed by atoms with van der Waals surface area (Å²) in [6.07, 6.45) is 0. The number of para-hydroxylation sites is 1. The quantitative estimate of drug-likeness (QED) is 0.586. The van der Waals surface area contributed by atoms with Gasteiger partial charge in [0.1, 0.15) is 4.83 Å². The molecule has 0 aliphatic heterocycles. The molecule has 1 N–H and O–H groups in total. The van der Waals surface area contributed by atoms with Gasteiger partial charge >= 0.3 is 6.01 Å². The molecule has 1 aromatic carbocycles. The lowest BCUT2D eigenvalue weighted by Gasteiger charge is -2.04. The van der Waals surface area contributed by atoms with Crippen molar-refractivity contribution in [3.8, 4) is 5.69 Å². The van der Waals surface area contributed by atoms with Crippen molar-refractivity contribution in [1.29, 1.82) is 0 Å². The molecule has 0 saturated carbocycles. The second-order valence-electron chi connectivity index (χ2n) is 5.36. The second-order valence-corrected chi connectivity index (χ2v) is 6.80. The van der Waals surface area contributed by atoms with E-state index in [1.807, 2.05) is 25.1 Å². The monoisotopic (exact) mass is 373 g/mol. The predicted molar refractivity (Wildman–Crippen MR) is 95.7 cm³/mol. The number of rotatable bonds is 3. The average molecular weight is 374 g/mol. The molecular formula is C16H12ClN5O2S. The number of nitrogens with zero attached hydrogens (tertiary/aromatic N) is 4. The fourth-order valence-corrected chi connectivity index (χ4v) is 3.74. The van der Waals surface area contributed by atoms with Gasteiger partial charge in [0.15, 0.2) is 0 Å². The SMILES string of the molecule is Cc1nnc(NC(=O)c2cc3c(C)nn(-c4ccccc4Cl)c3s2)o1. The summed E-state index contributed by atoms with van der Waals surface area (Å²) in [6, 6.07) is 9.31. The molecule has 3 heterocycles. The van der Waals surface area contributed by atoms with Gasteiger partial charge in [-0.2, -0.15) is 5.10 Å². The molecule has 0 aliphatic carbocycles. The van der Waals surface area contributed by atoms with Crippen LogP contribution in [0.15, 0.2) is 34.7 Å². The molecule has 0 bridgehead atoms. The summed E-state index contributed by atoms with van der Waals surface area (Å²) in [7, 11) is 0. The molecule has 4 aromatic rings. The summed E-state index contributed by atoms with van der Waals surface area (Å²) in [5.41, 5.74) is 1.59. The van der Waals surface area contributed by atoms with Crippen molar-refractivity contribution >= 4 is 45.1 Å². The summed E-state index contributed by atoms with van der Waals surface area (Å²) in [6.45, 7) is 3.55. The van der Waals surface area contributed by atoms with E-state index in [-0.39, 0.29) is 11.9 Å². The normalized spacial score (nSPS) is 11.2. The van der Waals surface area contributed by atoms with Crippen molar-refractivity contribution in [2.45, 2.75) is 13.8 Å². The van der Waals surface area contributed by atoms with Crippen LogP contribution in [0.1, 0.15) is 21.3 Å². The number of aryl methyl sites for hydroxylation is 2. The number of halogens is 1. The topological polar surface area (TPSA) is 85.8 Å². The highest BCUT2D eigenvalue weighted by Gasteiger charge is 2.19. The first-order chi connectivity index (χ1) is 12.0. The van der Waals surface area contributed by atoms with E-state index in [0.29, 0.717) is 15.8 Å². The highest BCUT2D eigenvalue weighted by molar-refractivity contribution is 7.20. The first-order valence-corrected chi connectivity index (χ1v) is 8.58. The number of aromatic nitrogens is 4. The van der Waals surface area contributed by atoms with Crippen molar-refractivity contribution in [1.82, 2.24) is 20.0 Å². The minimum atomic E-state index is -0.310. The molecule has 0 spiro atoms. The predicted octanol–water partition coefficient (Wildman–Crippen LogP) is 3.99. The lowest BCUT2D eigenvalue weighted by atomic mass is 10.3. The molecule has 1 amide bonds. The number of hydrogen-bond donors (Lipinski definition) is 1. The Morgan fingerprint density at radius 1 is 1.28 bits per heavy atom. The number of fused-ring (bicyclic) bond motifs is 1. The molecule has 9 heteroatoms. The summed E-state index contributed by atoms with van der Waals surface area (Å²) in [4.78, 5) is 13.8. The zero-order valence-electron chi connectivity index (χ0n) is 13.3. The zero-order valence-corrected chi connectivity index (χ0v) is 14.9. The number of hydrogen-bond acceptors (Lipinski definition) is 6. The van der Waals surface area contributed by atoms with E-state index in [1.165, 1.54) is 11.3 Å². The Morgan fingerprint density at radius 3 is 2.80 bits per heavy atom. The molecule has 0 unspecified atom stereocenters. The van der Waals surface area contributed by atoms with E-state index in [9.17, 15) is 4.79 Å². The van der Waals surface area contributed by atoms with Gasteiger partial charge < -0.3 is 4.42 Å². The lowest BCUT2D eigenvalue weighted by Crippen LogP contribution is -2.10. The molecule has 4 rings (SSSR count). The van der Waals surface area contributed by atoms with Crippen LogP contribution in [0.5, 0.6) is 0 Å². The first kappa shape index (κ1) is 15.8. The van der Waals surface area contributed by atoms with E-state index >= 15 is 0 Å². The number of carbonyl (C=O) groups excluding carboxylic acids is 1. The van der Waals surface area contributed by atoms with Gasteiger partial charge in [0.05, 0.1) is 21.3 Å². The van der Waals surface area contributed by atoms with E-state index in [1.54, 1.807) is 23.7 Å². The van der Waals surface area contributed by atoms with Crippen LogP contribution >= 0.6 is 22.9 Å². The summed E-state index contributed by atoms with van der Waals surface area (Å²) < 4.78 is 6.93. The summed E-state index contributed by atoms with van der Waals surface area (Å²) in [5, 5.41) is 16.1. The largest absolute Gasteiger partial charge is 0.408 e. The minimum absolute atomic E-state index is 0.0735. The lowest BCUT2D eigenvalue weighted by molar-refractivity contribution is 0.102. The zero-order chi connectivity index (χ0) is 17.6. The summed E-state index contributed by atoms with van der Waals surface area (Å²) >= 11 is 7.61. The molecule has 0 radical (unpaired) electrons. The van der Waals surface area contributed by atoms with E-state index in [2.05, 4.69) is 20.6 Å². The molecule has 0 aliphatic rings. The van der Waals surface area contributed by atoms with Crippen LogP contribution in [-0.2, 0) is 0 Å². The molecule has 3 aromatic heterocycles. The number of benzene rings is 1. The highest BCUT2D eigenvalue weighted by Crippen LogP contribution is 2.32. The van der Waals surface area contributed by atoms with Crippen molar-refractivity contribution in [2.24, 2.45) is 0 Å².